The highest BCUT2D eigenvalue weighted by Crippen LogP contribution is 2.25. The monoisotopic (exact) mass is 485 g/mol. The first kappa shape index (κ1) is 23.7. The minimum atomic E-state index is -0.741. The molecule has 178 valence electrons. The SMILES string of the molecule is O=C(/C=C/c1cccc([N+](=O)[O-])c1)Oc1ccccc1/C=C1\N=C(c2ccc([N+](=O)[O-])cc2)OC1=O. The van der Waals surface area contributed by atoms with Gasteiger partial charge in [0.05, 0.1) is 9.85 Å². The molecule has 4 rings (SSSR count). The maximum Gasteiger partial charge on any atom is 0.363 e. The molecule has 1 aliphatic heterocycles. The smallest absolute Gasteiger partial charge is 0.363 e. The summed E-state index contributed by atoms with van der Waals surface area (Å²) in [5.41, 5.74) is 0.908. The summed E-state index contributed by atoms with van der Waals surface area (Å²) in [5.74, 6) is -1.35. The van der Waals surface area contributed by atoms with Crippen molar-refractivity contribution in [1.29, 1.82) is 0 Å². The van der Waals surface area contributed by atoms with Crippen LogP contribution in [-0.4, -0.2) is 27.7 Å². The molecule has 11 nitrogen and oxygen atoms in total. The van der Waals surface area contributed by atoms with E-state index >= 15 is 0 Å². The molecule has 0 fully saturated rings. The summed E-state index contributed by atoms with van der Waals surface area (Å²) in [5, 5.41) is 21.7. The number of para-hydroxylation sites is 1. The van der Waals surface area contributed by atoms with Gasteiger partial charge in [0.15, 0.2) is 5.70 Å². The molecule has 36 heavy (non-hydrogen) atoms. The number of ether oxygens (including phenoxy) is 2. The van der Waals surface area contributed by atoms with E-state index in [0.29, 0.717) is 16.7 Å². The number of hydrogen-bond acceptors (Lipinski definition) is 9. The molecule has 11 heteroatoms. The van der Waals surface area contributed by atoms with Gasteiger partial charge in [0, 0.05) is 41.5 Å². The average Bonchev–Trinajstić information content (AvgIpc) is 3.24. The van der Waals surface area contributed by atoms with Crippen molar-refractivity contribution in [2.75, 3.05) is 0 Å². The highest BCUT2D eigenvalue weighted by atomic mass is 16.6. The molecule has 1 heterocycles. The predicted molar refractivity (Wildman–Crippen MR) is 128 cm³/mol. The Hall–Kier alpha value is -5.45. The Kier molecular flexibility index (Phi) is 6.73. The Labute approximate surface area is 202 Å². The van der Waals surface area contributed by atoms with Crippen molar-refractivity contribution in [3.63, 3.8) is 0 Å². The van der Waals surface area contributed by atoms with Crippen LogP contribution in [0.5, 0.6) is 5.75 Å². The molecule has 1 aliphatic rings. The lowest BCUT2D eigenvalue weighted by Gasteiger charge is -2.05. The molecule has 3 aromatic carbocycles. The van der Waals surface area contributed by atoms with E-state index in [9.17, 15) is 29.8 Å². The summed E-state index contributed by atoms with van der Waals surface area (Å²) in [6.45, 7) is 0. The summed E-state index contributed by atoms with van der Waals surface area (Å²) >= 11 is 0. The van der Waals surface area contributed by atoms with Crippen molar-refractivity contribution in [2.45, 2.75) is 0 Å². The van der Waals surface area contributed by atoms with Crippen molar-refractivity contribution in [3.05, 3.63) is 121 Å². The number of hydrogen-bond donors (Lipinski definition) is 0. The van der Waals surface area contributed by atoms with Gasteiger partial charge in [-0.25, -0.2) is 14.6 Å². The van der Waals surface area contributed by atoms with E-state index in [4.69, 9.17) is 9.47 Å². The topological polar surface area (TPSA) is 151 Å². The third kappa shape index (κ3) is 5.54. The Morgan fingerprint density at radius 2 is 1.64 bits per heavy atom. The van der Waals surface area contributed by atoms with Crippen LogP contribution in [0.25, 0.3) is 12.2 Å². The number of nitrogens with zero attached hydrogens (tertiary/aromatic N) is 3. The van der Waals surface area contributed by atoms with Gasteiger partial charge < -0.3 is 9.47 Å². The molecule has 0 aromatic heterocycles. The number of aliphatic imine (C=N–C) groups is 1. The zero-order valence-electron chi connectivity index (χ0n) is 18.3. The van der Waals surface area contributed by atoms with E-state index < -0.39 is 21.8 Å². The molecule has 0 bridgehead atoms. The first-order chi connectivity index (χ1) is 17.3. The number of benzene rings is 3. The van der Waals surface area contributed by atoms with Crippen LogP contribution in [0.3, 0.4) is 0 Å². The molecule has 0 N–H and O–H groups in total. The van der Waals surface area contributed by atoms with Crippen molar-refractivity contribution >= 4 is 41.4 Å². The molecule has 0 saturated carbocycles. The minimum absolute atomic E-state index is 0.0180. The number of nitro groups is 2. The van der Waals surface area contributed by atoms with Crippen molar-refractivity contribution in [1.82, 2.24) is 0 Å². The summed E-state index contributed by atoms with van der Waals surface area (Å²) in [7, 11) is 0. The second-order valence-electron chi connectivity index (χ2n) is 7.28. The van der Waals surface area contributed by atoms with Gasteiger partial charge in [0.1, 0.15) is 5.75 Å². The molecule has 3 aromatic rings. The average molecular weight is 485 g/mol. The lowest BCUT2D eigenvalue weighted by atomic mass is 10.1. The first-order valence-electron chi connectivity index (χ1n) is 10.3. The van der Waals surface area contributed by atoms with Gasteiger partial charge in [-0.1, -0.05) is 30.3 Å². The molecule has 0 spiro atoms. The van der Waals surface area contributed by atoms with Crippen LogP contribution in [0.15, 0.2) is 89.6 Å². The van der Waals surface area contributed by atoms with Crippen molar-refractivity contribution in [2.24, 2.45) is 4.99 Å². The molecular formula is C25H15N3O8. The lowest BCUT2D eigenvalue weighted by molar-refractivity contribution is -0.385. The number of esters is 2. The Morgan fingerprint density at radius 1 is 0.917 bits per heavy atom. The predicted octanol–water partition coefficient (Wildman–Crippen LogP) is 4.47. The third-order valence-corrected chi connectivity index (χ3v) is 4.86. The van der Waals surface area contributed by atoms with E-state index in [1.807, 2.05) is 0 Å². The van der Waals surface area contributed by atoms with Gasteiger partial charge in [-0.15, -0.1) is 0 Å². The van der Waals surface area contributed by atoms with Crippen LogP contribution in [0.2, 0.25) is 0 Å². The Balaban J connectivity index is 1.52. The van der Waals surface area contributed by atoms with Crippen LogP contribution in [0.1, 0.15) is 16.7 Å². The lowest BCUT2D eigenvalue weighted by Crippen LogP contribution is -2.06. The number of nitro benzene ring substituents is 2. The molecule has 0 saturated heterocycles. The minimum Gasteiger partial charge on any atom is -0.423 e. The van der Waals surface area contributed by atoms with E-state index in [1.165, 1.54) is 60.7 Å². The van der Waals surface area contributed by atoms with Crippen LogP contribution < -0.4 is 4.74 Å². The Morgan fingerprint density at radius 3 is 2.36 bits per heavy atom. The van der Waals surface area contributed by atoms with Crippen LogP contribution in [0, 0.1) is 20.2 Å². The van der Waals surface area contributed by atoms with Gasteiger partial charge in [-0.05, 0) is 35.9 Å². The molecule has 0 atom stereocenters. The van der Waals surface area contributed by atoms with Gasteiger partial charge in [0.2, 0.25) is 5.90 Å². The zero-order chi connectivity index (χ0) is 25.7. The largest absolute Gasteiger partial charge is 0.423 e. The summed E-state index contributed by atoms with van der Waals surface area (Å²) in [6, 6.07) is 17.5. The van der Waals surface area contributed by atoms with Gasteiger partial charge in [-0.2, -0.15) is 0 Å². The van der Waals surface area contributed by atoms with Crippen molar-refractivity contribution in [3.8, 4) is 5.75 Å². The fraction of sp³-hybridized carbons (Fsp3) is 0. The maximum absolute atomic E-state index is 12.3. The van der Waals surface area contributed by atoms with Gasteiger partial charge in [-0.3, -0.25) is 20.2 Å². The van der Waals surface area contributed by atoms with Gasteiger partial charge in [0.25, 0.3) is 11.4 Å². The Bertz CT molecular complexity index is 1470. The highest BCUT2D eigenvalue weighted by Gasteiger charge is 2.25. The molecule has 0 radical (unpaired) electrons. The van der Waals surface area contributed by atoms with Gasteiger partial charge >= 0.3 is 11.9 Å². The third-order valence-electron chi connectivity index (χ3n) is 4.86. The molecular weight excluding hydrogens is 470 g/mol. The van der Waals surface area contributed by atoms with Crippen LogP contribution in [-0.2, 0) is 14.3 Å². The zero-order valence-corrected chi connectivity index (χ0v) is 18.3. The number of rotatable bonds is 7. The number of carbonyl (C=O) groups excluding carboxylic acids is 2. The fourth-order valence-corrected chi connectivity index (χ4v) is 3.15. The standard InChI is InChI=1S/C25H15N3O8/c29-23(13-8-16-4-3-6-20(14-16)28(33)34)35-22-7-2-1-5-18(22)15-21-25(30)36-24(26-21)17-9-11-19(12-10-17)27(31)32/h1-15H/b13-8+,21-15-. The van der Waals surface area contributed by atoms with E-state index in [2.05, 4.69) is 4.99 Å². The van der Waals surface area contributed by atoms with Crippen LogP contribution in [0.4, 0.5) is 11.4 Å². The van der Waals surface area contributed by atoms with E-state index in [0.717, 1.165) is 6.08 Å². The quantitative estimate of drug-likeness (QED) is 0.156. The number of cyclic esters (lactones) is 1. The summed E-state index contributed by atoms with van der Waals surface area (Å²) in [6.07, 6.45) is 3.89. The summed E-state index contributed by atoms with van der Waals surface area (Å²) < 4.78 is 10.5. The molecule has 0 aliphatic carbocycles. The summed E-state index contributed by atoms with van der Waals surface area (Å²) in [4.78, 5) is 49.4. The second kappa shape index (κ2) is 10.2. The van der Waals surface area contributed by atoms with E-state index in [1.54, 1.807) is 24.3 Å². The second-order valence-corrected chi connectivity index (χ2v) is 7.28. The van der Waals surface area contributed by atoms with Crippen molar-refractivity contribution < 1.29 is 28.9 Å². The number of non-ortho nitro benzene ring substituents is 2. The number of carbonyl (C=O) groups is 2. The van der Waals surface area contributed by atoms with E-state index in [-0.39, 0.29) is 28.7 Å². The van der Waals surface area contributed by atoms with Crippen LogP contribution >= 0.6 is 0 Å². The highest BCUT2D eigenvalue weighted by molar-refractivity contribution is 6.13. The normalized spacial score (nSPS) is 13.9. The fourth-order valence-electron chi connectivity index (χ4n) is 3.15. The molecule has 0 amide bonds. The maximum atomic E-state index is 12.3. The molecule has 0 unspecified atom stereocenters. The first-order valence-corrected chi connectivity index (χ1v) is 10.3.